The number of amides is 1. The first-order valence-electron chi connectivity index (χ1n) is 6.54. The number of nitrogens with zero attached hydrogens (tertiary/aromatic N) is 1. The average molecular weight is 448 g/mol. The van der Waals surface area contributed by atoms with Gasteiger partial charge in [-0.2, -0.15) is 0 Å². The Labute approximate surface area is 147 Å². The maximum Gasteiger partial charge on any atom is 0.245 e. The molecule has 0 aliphatic rings. The Hall–Kier alpha value is -1.68. The first-order valence-corrected chi connectivity index (χ1v) is 9.47. The number of rotatable bonds is 5. The van der Waals surface area contributed by atoms with Gasteiger partial charge in [-0.25, -0.2) is 12.8 Å². The van der Waals surface area contributed by atoms with E-state index in [1.165, 1.54) is 18.2 Å². The third-order valence-electron chi connectivity index (χ3n) is 2.91. The third-order valence-corrected chi connectivity index (χ3v) is 4.77. The van der Waals surface area contributed by atoms with Crippen molar-refractivity contribution in [3.05, 3.63) is 57.9 Å². The summed E-state index contributed by atoms with van der Waals surface area (Å²) in [6.45, 7) is -0.436. The topological polar surface area (TPSA) is 66.5 Å². The molecule has 0 saturated carbocycles. The van der Waals surface area contributed by atoms with Crippen molar-refractivity contribution in [1.82, 2.24) is 0 Å². The van der Waals surface area contributed by atoms with Crippen LogP contribution in [0.25, 0.3) is 0 Å². The van der Waals surface area contributed by atoms with Gasteiger partial charge in [-0.05, 0) is 65.1 Å². The molecule has 122 valence electrons. The summed E-state index contributed by atoms with van der Waals surface area (Å²) >= 11 is 2.14. The lowest BCUT2D eigenvalue weighted by atomic mass is 10.3. The van der Waals surface area contributed by atoms with E-state index in [2.05, 4.69) is 27.9 Å². The molecule has 0 radical (unpaired) electrons. The minimum atomic E-state index is -3.72. The van der Waals surface area contributed by atoms with Crippen LogP contribution in [0.4, 0.5) is 15.8 Å². The predicted molar refractivity (Wildman–Crippen MR) is 96.4 cm³/mol. The molecule has 0 unspecified atom stereocenters. The summed E-state index contributed by atoms with van der Waals surface area (Å²) in [5.41, 5.74) is 0.661. The average Bonchev–Trinajstić information content (AvgIpc) is 2.46. The molecular weight excluding hydrogens is 434 g/mol. The van der Waals surface area contributed by atoms with Crippen LogP contribution in [0.3, 0.4) is 0 Å². The van der Waals surface area contributed by atoms with E-state index < -0.39 is 28.3 Å². The second-order valence-corrected chi connectivity index (χ2v) is 7.96. The molecule has 0 fully saturated rings. The first kappa shape index (κ1) is 17.7. The summed E-state index contributed by atoms with van der Waals surface area (Å²) < 4.78 is 39.0. The minimum Gasteiger partial charge on any atom is -0.325 e. The van der Waals surface area contributed by atoms with E-state index in [-0.39, 0.29) is 5.69 Å². The SMILES string of the molecule is CS(=O)(=O)N(CC(=O)Nc1ccc(I)cc1)c1cccc(F)c1. The smallest absolute Gasteiger partial charge is 0.245 e. The van der Waals surface area contributed by atoms with Crippen molar-refractivity contribution in [2.24, 2.45) is 0 Å². The van der Waals surface area contributed by atoms with Gasteiger partial charge in [0.15, 0.2) is 0 Å². The predicted octanol–water partition coefficient (Wildman–Crippen LogP) is 2.84. The molecule has 1 amide bonds. The molecule has 0 heterocycles. The maximum atomic E-state index is 13.3. The van der Waals surface area contributed by atoms with E-state index in [0.717, 1.165) is 20.2 Å². The highest BCUT2D eigenvalue weighted by Crippen LogP contribution is 2.19. The normalized spacial score (nSPS) is 11.1. The molecule has 0 saturated heterocycles. The summed E-state index contributed by atoms with van der Waals surface area (Å²) in [7, 11) is -3.72. The largest absolute Gasteiger partial charge is 0.325 e. The quantitative estimate of drug-likeness (QED) is 0.716. The highest BCUT2D eigenvalue weighted by atomic mass is 127. The number of hydrogen-bond donors (Lipinski definition) is 1. The fraction of sp³-hybridized carbons (Fsp3) is 0.133. The number of nitrogens with one attached hydrogen (secondary N) is 1. The van der Waals surface area contributed by atoms with E-state index in [4.69, 9.17) is 0 Å². The van der Waals surface area contributed by atoms with Gasteiger partial charge in [0.25, 0.3) is 0 Å². The van der Waals surface area contributed by atoms with Gasteiger partial charge in [0.1, 0.15) is 12.4 Å². The molecule has 0 atom stereocenters. The van der Waals surface area contributed by atoms with E-state index >= 15 is 0 Å². The fourth-order valence-corrected chi connectivity index (χ4v) is 3.10. The van der Waals surface area contributed by atoms with Gasteiger partial charge in [0.2, 0.25) is 15.9 Å². The molecule has 5 nitrogen and oxygen atoms in total. The summed E-state index contributed by atoms with van der Waals surface area (Å²) in [5, 5.41) is 2.61. The number of carbonyl (C=O) groups is 1. The van der Waals surface area contributed by atoms with E-state index in [1.807, 2.05) is 12.1 Å². The molecular formula is C15H14FIN2O3S. The Morgan fingerprint density at radius 1 is 1.22 bits per heavy atom. The Morgan fingerprint density at radius 2 is 1.87 bits per heavy atom. The van der Waals surface area contributed by atoms with Crippen molar-refractivity contribution >= 4 is 49.9 Å². The van der Waals surface area contributed by atoms with Gasteiger partial charge < -0.3 is 5.32 Å². The van der Waals surface area contributed by atoms with Crippen LogP contribution >= 0.6 is 22.6 Å². The third kappa shape index (κ3) is 5.17. The van der Waals surface area contributed by atoms with Crippen LogP contribution in [0.5, 0.6) is 0 Å². The van der Waals surface area contributed by atoms with Crippen molar-refractivity contribution in [2.45, 2.75) is 0 Å². The van der Waals surface area contributed by atoms with Crippen LogP contribution in [0, 0.1) is 9.39 Å². The number of halogens is 2. The Morgan fingerprint density at radius 3 is 2.43 bits per heavy atom. The van der Waals surface area contributed by atoms with E-state index in [9.17, 15) is 17.6 Å². The van der Waals surface area contributed by atoms with Crippen LogP contribution in [-0.4, -0.2) is 27.1 Å². The van der Waals surface area contributed by atoms with Gasteiger partial charge in [0, 0.05) is 9.26 Å². The van der Waals surface area contributed by atoms with Crippen LogP contribution in [0.15, 0.2) is 48.5 Å². The maximum absolute atomic E-state index is 13.3. The standard InChI is InChI=1S/C15H14FIN2O3S/c1-23(21,22)19(14-4-2-3-11(16)9-14)10-15(20)18-13-7-5-12(17)6-8-13/h2-9H,10H2,1H3,(H,18,20). The van der Waals surface area contributed by atoms with Crippen molar-refractivity contribution in [1.29, 1.82) is 0 Å². The molecule has 0 aromatic heterocycles. The number of carbonyl (C=O) groups excluding carboxylic acids is 1. The van der Waals surface area contributed by atoms with Gasteiger partial charge in [0.05, 0.1) is 11.9 Å². The number of sulfonamides is 1. The molecule has 2 rings (SSSR count). The van der Waals surface area contributed by atoms with Crippen molar-refractivity contribution in [3.63, 3.8) is 0 Å². The summed E-state index contributed by atoms with van der Waals surface area (Å²) in [6, 6.07) is 12.2. The Bertz CT molecular complexity index is 810. The molecule has 8 heteroatoms. The number of hydrogen-bond acceptors (Lipinski definition) is 3. The van der Waals surface area contributed by atoms with Crippen LogP contribution in [0.2, 0.25) is 0 Å². The molecule has 0 bridgehead atoms. The molecule has 1 N–H and O–H groups in total. The zero-order valence-electron chi connectivity index (χ0n) is 12.2. The molecule has 2 aromatic carbocycles. The van der Waals surface area contributed by atoms with Crippen LogP contribution < -0.4 is 9.62 Å². The molecule has 0 aliphatic heterocycles. The first-order chi connectivity index (χ1) is 10.8. The van der Waals surface area contributed by atoms with Gasteiger partial charge in [-0.1, -0.05) is 6.07 Å². The van der Waals surface area contributed by atoms with Gasteiger partial charge in [-0.3, -0.25) is 9.10 Å². The zero-order valence-corrected chi connectivity index (χ0v) is 15.1. The minimum absolute atomic E-state index is 0.102. The molecule has 0 spiro atoms. The highest BCUT2D eigenvalue weighted by Gasteiger charge is 2.21. The fourth-order valence-electron chi connectivity index (χ4n) is 1.90. The lowest BCUT2D eigenvalue weighted by molar-refractivity contribution is -0.114. The van der Waals surface area contributed by atoms with Gasteiger partial charge in [-0.15, -0.1) is 0 Å². The lowest BCUT2D eigenvalue weighted by Crippen LogP contribution is -2.37. The summed E-state index contributed by atoms with van der Waals surface area (Å²) in [5.74, 6) is -1.09. The van der Waals surface area contributed by atoms with Crippen LogP contribution in [0.1, 0.15) is 0 Å². The van der Waals surface area contributed by atoms with E-state index in [0.29, 0.717) is 5.69 Å². The summed E-state index contributed by atoms with van der Waals surface area (Å²) in [6.07, 6.45) is 0.968. The van der Waals surface area contributed by atoms with Gasteiger partial charge >= 0.3 is 0 Å². The summed E-state index contributed by atoms with van der Waals surface area (Å²) in [4.78, 5) is 12.1. The molecule has 2 aromatic rings. The lowest BCUT2D eigenvalue weighted by Gasteiger charge is -2.21. The Kier molecular flexibility index (Phi) is 5.58. The molecule has 0 aliphatic carbocycles. The monoisotopic (exact) mass is 448 g/mol. The van der Waals surface area contributed by atoms with Crippen molar-refractivity contribution in [2.75, 3.05) is 22.4 Å². The number of benzene rings is 2. The van der Waals surface area contributed by atoms with Crippen molar-refractivity contribution in [3.8, 4) is 0 Å². The highest BCUT2D eigenvalue weighted by molar-refractivity contribution is 14.1. The Balaban J connectivity index is 2.18. The van der Waals surface area contributed by atoms with Crippen molar-refractivity contribution < 1.29 is 17.6 Å². The second-order valence-electron chi connectivity index (χ2n) is 4.80. The number of anilines is 2. The zero-order chi connectivity index (χ0) is 17.0. The molecule has 23 heavy (non-hydrogen) atoms. The second kappa shape index (κ2) is 7.26. The van der Waals surface area contributed by atoms with E-state index in [1.54, 1.807) is 12.1 Å². The van der Waals surface area contributed by atoms with Crippen LogP contribution in [-0.2, 0) is 14.8 Å².